The van der Waals surface area contributed by atoms with Crippen LogP contribution < -0.4 is 0 Å². The number of esters is 1. The summed E-state index contributed by atoms with van der Waals surface area (Å²) < 4.78 is 23.8. The Morgan fingerprint density at radius 2 is 1.38 bits per heavy atom. The van der Waals surface area contributed by atoms with Crippen molar-refractivity contribution in [2.75, 3.05) is 7.11 Å². The lowest BCUT2D eigenvalue weighted by molar-refractivity contribution is -0.161. The normalized spacial score (nSPS) is 25.0. The number of ether oxygens (including phenoxy) is 2. The van der Waals surface area contributed by atoms with Crippen LogP contribution in [0.4, 0.5) is 0 Å². The third-order valence-corrected chi connectivity index (χ3v) is 15.0. The van der Waals surface area contributed by atoms with Crippen molar-refractivity contribution >= 4 is 22.6 Å². The van der Waals surface area contributed by atoms with Crippen molar-refractivity contribution in [1.82, 2.24) is 0 Å². The van der Waals surface area contributed by atoms with E-state index in [-0.39, 0.29) is 16.2 Å². The molecule has 0 aliphatic carbocycles. The molecule has 5 nitrogen and oxygen atoms in total. The lowest BCUT2D eigenvalue weighted by atomic mass is 10.1. The molecule has 0 amide bonds. The molecule has 0 bridgehead atoms. The molecule has 3 atom stereocenters. The van der Waals surface area contributed by atoms with E-state index in [9.17, 15) is 4.79 Å². The Labute approximate surface area is 161 Å². The van der Waals surface area contributed by atoms with Crippen LogP contribution in [0.25, 0.3) is 0 Å². The van der Waals surface area contributed by atoms with Crippen LogP contribution in [0.5, 0.6) is 0 Å². The summed E-state index contributed by atoms with van der Waals surface area (Å²) in [6, 6.07) is 0. The highest BCUT2D eigenvalue weighted by Crippen LogP contribution is 2.41. The van der Waals surface area contributed by atoms with Gasteiger partial charge in [0, 0.05) is 0 Å². The summed E-state index contributed by atoms with van der Waals surface area (Å²) in [5.74, 6) is -0.429. The van der Waals surface area contributed by atoms with E-state index in [4.69, 9.17) is 18.3 Å². The van der Waals surface area contributed by atoms with Gasteiger partial charge in [-0.25, -0.2) is 4.79 Å². The number of rotatable bonds is 5. The Morgan fingerprint density at radius 3 is 1.81 bits per heavy atom. The van der Waals surface area contributed by atoms with Crippen molar-refractivity contribution in [3.05, 3.63) is 12.3 Å². The summed E-state index contributed by atoms with van der Waals surface area (Å²) in [5.41, 5.74) is 0. The van der Waals surface area contributed by atoms with E-state index < -0.39 is 34.8 Å². The van der Waals surface area contributed by atoms with E-state index in [1.807, 2.05) is 6.08 Å². The third-order valence-electron chi connectivity index (χ3n) is 6.02. The van der Waals surface area contributed by atoms with Gasteiger partial charge in [0.25, 0.3) is 0 Å². The lowest BCUT2D eigenvalue weighted by Crippen LogP contribution is -2.57. The van der Waals surface area contributed by atoms with Gasteiger partial charge in [0.2, 0.25) is 6.10 Å². The fourth-order valence-corrected chi connectivity index (χ4v) is 4.68. The molecule has 1 heterocycles. The van der Waals surface area contributed by atoms with Gasteiger partial charge < -0.3 is 18.3 Å². The highest BCUT2D eigenvalue weighted by molar-refractivity contribution is 6.74. The molecular formula is C19H38O5Si2. The summed E-state index contributed by atoms with van der Waals surface area (Å²) in [6.45, 7) is 21.9. The molecule has 0 saturated heterocycles. The molecule has 0 aromatic heterocycles. The molecule has 1 aliphatic rings. The maximum atomic E-state index is 12.3. The first kappa shape index (κ1) is 23.4. The monoisotopic (exact) mass is 402 g/mol. The van der Waals surface area contributed by atoms with Crippen LogP contribution in [0, 0.1) is 0 Å². The van der Waals surface area contributed by atoms with Crippen LogP contribution in [-0.4, -0.2) is 48.0 Å². The minimum absolute atomic E-state index is 0.0103. The Hall–Kier alpha value is -0.636. The summed E-state index contributed by atoms with van der Waals surface area (Å²) in [7, 11) is -2.82. The van der Waals surface area contributed by atoms with Gasteiger partial charge >= 0.3 is 5.97 Å². The van der Waals surface area contributed by atoms with Gasteiger partial charge in [0.1, 0.15) is 6.10 Å². The van der Waals surface area contributed by atoms with Crippen LogP contribution in [-0.2, 0) is 23.1 Å². The molecule has 1 aliphatic heterocycles. The Balaban J connectivity index is 3.23. The molecule has 0 aromatic rings. The standard InChI is InChI=1S/C19H38O5Si2/c1-18(2,3)25(8,9)23-14-12-13-22-16(17(20)21-7)15(14)24-26(10,11)19(4,5)6/h12-16H,1-11H3/t14-,15+,16+/m1/s1. The molecule has 0 fully saturated rings. The predicted molar refractivity (Wildman–Crippen MR) is 110 cm³/mol. The average Bonchev–Trinajstić information content (AvgIpc) is 2.45. The quantitative estimate of drug-likeness (QED) is 0.486. The van der Waals surface area contributed by atoms with E-state index in [0.29, 0.717) is 0 Å². The van der Waals surface area contributed by atoms with Crippen molar-refractivity contribution in [3.63, 3.8) is 0 Å². The molecular weight excluding hydrogens is 364 g/mol. The van der Waals surface area contributed by atoms with Gasteiger partial charge in [0.15, 0.2) is 16.6 Å². The number of hydrogen-bond donors (Lipinski definition) is 0. The van der Waals surface area contributed by atoms with Gasteiger partial charge in [-0.2, -0.15) is 0 Å². The third kappa shape index (κ3) is 5.21. The molecule has 0 radical (unpaired) electrons. The minimum Gasteiger partial charge on any atom is -0.484 e. The maximum Gasteiger partial charge on any atom is 0.349 e. The first-order chi connectivity index (χ1) is 11.5. The zero-order valence-electron chi connectivity index (χ0n) is 18.4. The highest BCUT2D eigenvalue weighted by Gasteiger charge is 2.49. The summed E-state index contributed by atoms with van der Waals surface area (Å²) >= 11 is 0. The van der Waals surface area contributed by atoms with E-state index >= 15 is 0 Å². The maximum absolute atomic E-state index is 12.3. The number of hydrogen-bond acceptors (Lipinski definition) is 5. The van der Waals surface area contributed by atoms with Gasteiger partial charge in [-0.15, -0.1) is 0 Å². The summed E-state index contributed by atoms with van der Waals surface area (Å²) in [5, 5.41) is 0.0672. The van der Waals surface area contributed by atoms with Gasteiger partial charge in [-0.05, 0) is 42.3 Å². The number of methoxy groups -OCH3 is 1. The fraction of sp³-hybridized carbons (Fsp3) is 0.842. The minimum atomic E-state index is -2.14. The van der Waals surface area contributed by atoms with E-state index in [1.54, 1.807) is 6.26 Å². The summed E-state index contributed by atoms with van der Waals surface area (Å²) in [4.78, 5) is 12.3. The van der Waals surface area contributed by atoms with Gasteiger partial charge in [-0.1, -0.05) is 41.5 Å². The first-order valence-corrected chi connectivity index (χ1v) is 15.1. The van der Waals surface area contributed by atoms with Crippen LogP contribution in [0.15, 0.2) is 12.3 Å². The second kappa shape index (κ2) is 7.77. The van der Waals surface area contributed by atoms with Crippen LogP contribution in [0.1, 0.15) is 41.5 Å². The Kier molecular flexibility index (Phi) is 7.00. The van der Waals surface area contributed by atoms with E-state index in [1.165, 1.54) is 7.11 Å². The van der Waals surface area contributed by atoms with Gasteiger partial charge in [0.05, 0.1) is 19.5 Å². The van der Waals surface area contributed by atoms with Crippen LogP contribution in [0.3, 0.4) is 0 Å². The second-order valence-corrected chi connectivity index (χ2v) is 19.6. The van der Waals surface area contributed by atoms with Crippen LogP contribution >= 0.6 is 0 Å². The van der Waals surface area contributed by atoms with Crippen LogP contribution in [0.2, 0.25) is 36.3 Å². The number of carbonyl (C=O) groups excluding carboxylic acids is 1. The van der Waals surface area contributed by atoms with E-state index in [0.717, 1.165) is 0 Å². The SMILES string of the molecule is COC(=O)[C@H]1OC=C[C@@H](O[Si](C)(C)C(C)(C)C)[C@@H]1O[Si](C)(C)C(C)(C)C. The average molecular weight is 403 g/mol. The van der Waals surface area contributed by atoms with Crippen molar-refractivity contribution in [2.45, 2.75) is 96.1 Å². The van der Waals surface area contributed by atoms with Crippen molar-refractivity contribution in [1.29, 1.82) is 0 Å². The molecule has 0 saturated carbocycles. The predicted octanol–water partition coefficient (Wildman–Crippen LogP) is 4.85. The zero-order chi connectivity index (χ0) is 20.6. The Morgan fingerprint density at radius 1 is 0.923 bits per heavy atom. The Bertz CT molecular complexity index is 529. The topological polar surface area (TPSA) is 54.0 Å². The molecule has 0 spiro atoms. The molecule has 152 valence electrons. The summed E-state index contributed by atoms with van der Waals surface area (Å²) in [6.07, 6.45) is 1.77. The highest BCUT2D eigenvalue weighted by atomic mass is 28.4. The van der Waals surface area contributed by atoms with Crippen molar-refractivity contribution < 1.29 is 23.1 Å². The molecule has 0 N–H and O–H groups in total. The molecule has 7 heteroatoms. The van der Waals surface area contributed by atoms with Crippen molar-refractivity contribution in [3.8, 4) is 0 Å². The largest absolute Gasteiger partial charge is 0.484 e. The van der Waals surface area contributed by atoms with Crippen molar-refractivity contribution in [2.24, 2.45) is 0 Å². The smallest absolute Gasteiger partial charge is 0.349 e. The fourth-order valence-electron chi connectivity index (χ4n) is 2.14. The second-order valence-electron chi connectivity index (χ2n) is 10.1. The number of carbonyl (C=O) groups is 1. The first-order valence-electron chi connectivity index (χ1n) is 9.29. The molecule has 1 rings (SSSR count). The molecule has 26 heavy (non-hydrogen) atoms. The zero-order valence-corrected chi connectivity index (χ0v) is 20.4. The van der Waals surface area contributed by atoms with Gasteiger partial charge in [-0.3, -0.25) is 0 Å². The lowest BCUT2D eigenvalue weighted by Gasteiger charge is -2.46. The van der Waals surface area contributed by atoms with E-state index in [2.05, 4.69) is 67.7 Å². The molecule has 0 unspecified atom stereocenters. The molecule has 0 aromatic carbocycles.